The molecule has 0 spiro atoms. The van der Waals surface area contributed by atoms with E-state index in [-0.39, 0.29) is 5.91 Å². The van der Waals surface area contributed by atoms with Crippen LogP contribution < -0.4 is 24.8 Å². The van der Waals surface area contributed by atoms with Crippen molar-refractivity contribution < 1.29 is 23.8 Å². The fourth-order valence-corrected chi connectivity index (χ4v) is 2.89. The van der Waals surface area contributed by atoms with E-state index in [4.69, 9.17) is 14.2 Å². The van der Waals surface area contributed by atoms with Crippen LogP contribution in [-0.4, -0.2) is 65.2 Å². The number of anilines is 1. The summed E-state index contributed by atoms with van der Waals surface area (Å²) in [6.07, 6.45) is 0.832. The van der Waals surface area contributed by atoms with Crippen molar-refractivity contribution in [3.8, 4) is 17.2 Å². The highest BCUT2D eigenvalue weighted by molar-refractivity contribution is 6.09. The molecule has 0 aliphatic carbocycles. The third-order valence-corrected chi connectivity index (χ3v) is 4.41. The number of nitrogens with zero attached hydrogens (tertiary/aromatic N) is 1. The highest BCUT2D eigenvalue weighted by Gasteiger charge is 2.19. The van der Waals surface area contributed by atoms with E-state index in [2.05, 4.69) is 15.5 Å². The van der Waals surface area contributed by atoms with Gasteiger partial charge in [0.15, 0.2) is 11.5 Å². The molecule has 0 bridgehead atoms. The van der Waals surface area contributed by atoms with Crippen molar-refractivity contribution in [2.75, 3.05) is 53.8 Å². The van der Waals surface area contributed by atoms with Gasteiger partial charge in [0.05, 0.1) is 32.6 Å². The Labute approximate surface area is 177 Å². The van der Waals surface area contributed by atoms with Gasteiger partial charge in [0.1, 0.15) is 0 Å². The monoisotopic (exact) mass is 415 g/mol. The molecule has 8 nitrogen and oxygen atoms in total. The molecule has 0 saturated carbocycles. The maximum Gasteiger partial charge on any atom is 0.255 e. The normalized spacial score (nSPS) is 10.5. The molecule has 0 radical (unpaired) electrons. The number of rotatable bonds is 10. The van der Waals surface area contributed by atoms with Gasteiger partial charge in [-0.2, -0.15) is 0 Å². The van der Waals surface area contributed by atoms with Crippen LogP contribution in [0.3, 0.4) is 0 Å². The lowest BCUT2D eigenvalue weighted by molar-refractivity contribution is 0.0953. The SMILES string of the molecule is COc1cc(C(=O)Nc2ccccc2C(=O)NCCCN(C)C)cc(OC)c1OC. The highest BCUT2D eigenvalue weighted by Crippen LogP contribution is 2.38. The smallest absolute Gasteiger partial charge is 0.255 e. The molecule has 8 heteroatoms. The van der Waals surface area contributed by atoms with Gasteiger partial charge in [-0.1, -0.05) is 12.1 Å². The minimum atomic E-state index is -0.401. The second kappa shape index (κ2) is 11.1. The average molecular weight is 415 g/mol. The van der Waals surface area contributed by atoms with Crippen molar-refractivity contribution in [1.29, 1.82) is 0 Å². The van der Waals surface area contributed by atoms with Crippen LogP contribution >= 0.6 is 0 Å². The molecule has 2 amide bonds. The Bertz CT molecular complexity index is 858. The third kappa shape index (κ3) is 5.87. The van der Waals surface area contributed by atoms with Crippen molar-refractivity contribution in [3.63, 3.8) is 0 Å². The zero-order chi connectivity index (χ0) is 22.1. The number of methoxy groups -OCH3 is 3. The second-order valence-corrected chi connectivity index (χ2v) is 6.83. The van der Waals surface area contributed by atoms with Crippen molar-refractivity contribution >= 4 is 17.5 Å². The molecule has 0 atom stereocenters. The summed E-state index contributed by atoms with van der Waals surface area (Å²) >= 11 is 0. The molecule has 0 aromatic heterocycles. The van der Waals surface area contributed by atoms with Gasteiger partial charge >= 0.3 is 0 Å². The maximum atomic E-state index is 12.9. The largest absolute Gasteiger partial charge is 0.493 e. The van der Waals surface area contributed by atoms with Gasteiger partial charge in [0.25, 0.3) is 11.8 Å². The van der Waals surface area contributed by atoms with Crippen molar-refractivity contribution in [3.05, 3.63) is 47.5 Å². The van der Waals surface area contributed by atoms with Crippen LogP contribution in [0.1, 0.15) is 27.1 Å². The number of carbonyl (C=O) groups excluding carboxylic acids is 2. The lowest BCUT2D eigenvalue weighted by Crippen LogP contribution is -2.28. The standard InChI is InChI=1S/C22H29N3O5/c1-25(2)12-8-11-23-22(27)16-9-6-7-10-17(16)24-21(26)15-13-18(28-3)20(30-5)19(14-15)29-4/h6-7,9-10,13-14H,8,11-12H2,1-5H3,(H,23,27)(H,24,26). The van der Waals surface area contributed by atoms with Crippen LogP contribution in [0, 0.1) is 0 Å². The Hall–Kier alpha value is -3.26. The number of nitrogens with one attached hydrogen (secondary N) is 2. The number of ether oxygens (including phenoxy) is 3. The van der Waals surface area contributed by atoms with Gasteiger partial charge in [-0.25, -0.2) is 0 Å². The molecule has 2 rings (SSSR count). The summed E-state index contributed by atoms with van der Waals surface area (Å²) < 4.78 is 15.9. The summed E-state index contributed by atoms with van der Waals surface area (Å²) in [5.74, 6) is 0.494. The zero-order valence-electron chi connectivity index (χ0n) is 18.1. The summed E-state index contributed by atoms with van der Waals surface area (Å²) in [6.45, 7) is 1.42. The van der Waals surface area contributed by atoms with Gasteiger partial charge in [0, 0.05) is 12.1 Å². The number of carbonyl (C=O) groups is 2. The van der Waals surface area contributed by atoms with Crippen molar-refractivity contribution in [1.82, 2.24) is 10.2 Å². The Morgan fingerprint density at radius 1 is 0.933 bits per heavy atom. The minimum Gasteiger partial charge on any atom is -0.493 e. The van der Waals surface area contributed by atoms with E-state index in [0.717, 1.165) is 13.0 Å². The highest BCUT2D eigenvalue weighted by atomic mass is 16.5. The number of hydrogen-bond acceptors (Lipinski definition) is 6. The number of benzene rings is 2. The van der Waals surface area contributed by atoms with Crippen molar-refractivity contribution in [2.45, 2.75) is 6.42 Å². The van der Waals surface area contributed by atoms with E-state index < -0.39 is 5.91 Å². The lowest BCUT2D eigenvalue weighted by Gasteiger charge is -2.15. The maximum absolute atomic E-state index is 12.9. The molecular formula is C22H29N3O5. The summed E-state index contributed by atoms with van der Waals surface area (Å²) in [5.41, 5.74) is 1.12. The van der Waals surface area contributed by atoms with E-state index in [1.165, 1.54) is 21.3 Å². The molecular weight excluding hydrogens is 386 g/mol. The molecule has 0 unspecified atom stereocenters. The predicted octanol–water partition coefficient (Wildman–Crippen LogP) is 2.65. The number of hydrogen-bond donors (Lipinski definition) is 2. The Balaban J connectivity index is 2.19. The molecule has 0 aliphatic rings. The van der Waals surface area contributed by atoms with E-state index in [9.17, 15) is 9.59 Å². The molecule has 30 heavy (non-hydrogen) atoms. The minimum absolute atomic E-state index is 0.241. The first kappa shape index (κ1) is 23.0. The van der Waals surface area contributed by atoms with Crippen LogP contribution in [0.4, 0.5) is 5.69 Å². The second-order valence-electron chi connectivity index (χ2n) is 6.83. The molecule has 0 fully saturated rings. The Kier molecular flexibility index (Phi) is 8.49. The molecule has 2 aromatic carbocycles. The van der Waals surface area contributed by atoms with Gasteiger partial charge in [-0.15, -0.1) is 0 Å². The Morgan fingerprint density at radius 2 is 1.57 bits per heavy atom. The average Bonchev–Trinajstić information content (AvgIpc) is 2.75. The molecule has 0 heterocycles. The van der Waals surface area contributed by atoms with Crippen LogP contribution in [-0.2, 0) is 0 Å². The van der Waals surface area contributed by atoms with E-state index in [1.54, 1.807) is 36.4 Å². The molecule has 0 saturated heterocycles. The molecule has 2 aromatic rings. The van der Waals surface area contributed by atoms with Crippen LogP contribution in [0.2, 0.25) is 0 Å². The third-order valence-electron chi connectivity index (χ3n) is 4.41. The van der Waals surface area contributed by atoms with Gasteiger partial charge < -0.3 is 29.7 Å². The quantitative estimate of drug-likeness (QED) is 0.580. The van der Waals surface area contributed by atoms with Gasteiger partial charge in [-0.05, 0) is 51.3 Å². The molecule has 0 aliphatic heterocycles. The summed E-state index contributed by atoms with van der Waals surface area (Å²) in [7, 11) is 8.42. The fraction of sp³-hybridized carbons (Fsp3) is 0.364. The first-order valence-corrected chi connectivity index (χ1v) is 9.54. The van der Waals surface area contributed by atoms with E-state index in [0.29, 0.717) is 40.6 Å². The fourth-order valence-electron chi connectivity index (χ4n) is 2.89. The van der Waals surface area contributed by atoms with E-state index >= 15 is 0 Å². The first-order valence-electron chi connectivity index (χ1n) is 9.54. The first-order chi connectivity index (χ1) is 14.4. The number of para-hydroxylation sites is 1. The van der Waals surface area contributed by atoms with Gasteiger partial charge in [0.2, 0.25) is 5.75 Å². The van der Waals surface area contributed by atoms with E-state index in [1.807, 2.05) is 14.1 Å². The van der Waals surface area contributed by atoms with Crippen LogP contribution in [0.15, 0.2) is 36.4 Å². The van der Waals surface area contributed by atoms with Crippen molar-refractivity contribution in [2.24, 2.45) is 0 Å². The van der Waals surface area contributed by atoms with Crippen LogP contribution in [0.25, 0.3) is 0 Å². The lowest BCUT2D eigenvalue weighted by atomic mass is 10.1. The molecule has 2 N–H and O–H groups in total. The topological polar surface area (TPSA) is 89.1 Å². The predicted molar refractivity (Wildman–Crippen MR) is 116 cm³/mol. The summed E-state index contributed by atoms with van der Waals surface area (Å²) in [5, 5.41) is 5.68. The van der Waals surface area contributed by atoms with Gasteiger partial charge in [-0.3, -0.25) is 9.59 Å². The summed E-state index contributed by atoms with van der Waals surface area (Å²) in [6, 6.07) is 9.98. The Morgan fingerprint density at radius 3 is 2.13 bits per heavy atom. The number of amides is 2. The zero-order valence-corrected chi connectivity index (χ0v) is 18.1. The van der Waals surface area contributed by atoms with Crippen LogP contribution in [0.5, 0.6) is 17.2 Å². The summed E-state index contributed by atoms with van der Waals surface area (Å²) in [4.78, 5) is 27.5. The molecule has 162 valence electrons.